The molecule has 2 aliphatic heterocycles. The van der Waals surface area contributed by atoms with Gasteiger partial charge in [0, 0.05) is 31.4 Å². The number of nitrogens with zero attached hydrogens (tertiary/aromatic N) is 3. The van der Waals surface area contributed by atoms with Gasteiger partial charge in [0.05, 0.1) is 5.41 Å². The van der Waals surface area contributed by atoms with Crippen molar-refractivity contribution in [3.63, 3.8) is 0 Å². The van der Waals surface area contributed by atoms with E-state index in [4.69, 9.17) is 0 Å². The Hall–Kier alpha value is -1.85. The van der Waals surface area contributed by atoms with Crippen molar-refractivity contribution >= 4 is 11.8 Å². The van der Waals surface area contributed by atoms with E-state index < -0.39 is 0 Å². The van der Waals surface area contributed by atoms with Crippen LogP contribution in [0.25, 0.3) is 0 Å². The number of carbonyl (C=O) groups excluding carboxylic acids is 2. The second-order valence-electron chi connectivity index (χ2n) is 8.68. The summed E-state index contributed by atoms with van der Waals surface area (Å²) in [5.41, 5.74) is 1.14. The molecular formula is C21H32N4O2. The van der Waals surface area contributed by atoms with Crippen molar-refractivity contribution in [2.24, 2.45) is 5.41 Å². The zero-order valence-electron chi connectivity index (χ0n) is 16.5. The molecule has 4 rings (SSSR count). The number of aromatic nitrogens is 2. The predicted molar refractivity (Wildman–Crippen MR) is 103 cm³/mol. The Balaban J connectivity index is 1.45. The van der Waals surface area contributed by atoms with E-state index in [9.17, 15) is 9.59 Å². The number of carbonyl (C=O) groups is 2. The molecule has 27 heavy (non-hydrogen) atoms. The molecule has 3 fully saturated rings. The molecule has 6 nitrogen and oxygen atoms in total. The van der Waals surface area contributed by atoms with Gasteiger partial charge in [0.1, 0.15) is 5.69 Å². The molecule has 3 heterocycles. The van der Waals surface area contributed by atoms with E-state index in [0.29, 0.717) is 30.7 Å². The number of aryl methyl sites for hydroxylation is 1. The van der Waals surface area contributed by atoms with Crippen molar-refractivity contribution in [3.8, 4) is 0 Å². The maximum absolute atomic E-state index is 13.4. The summed E-state index contributed by atoms with van der Waals surface area (Å²) in [5.74, 6) is 0.276. The minimum atomic E-state index is -0.353. The highest BCUT2D eigenvalue weighted by Crippen LogP contribution is 2.42. The molecule has 1 N–H and O–H groups in total. The summed E-state index contributed by atoms with van der Waals surface area (Å²) in [6.07, 6.45) is 10.8. The first kappa shape index (κ1) is 18.5. The Morgan fingerprint density at radius 3 is 2.81 bits per heavy atom. The van der Waals surface area contributed by atoms with Gasteiger partial charge in [0.25, 0.3) is 5.91 Å². The second-order valence-corrected chi connectivity index (χ2v) is 8.68. The van der Waals surface area contributed by atoms with E-state index in [1.165, 1.54) is 19.3 Å². The van der Waals surface area contributed by atoms with E-state index in [2.05, 4.69) is 22.0 Å². The number of aromatic amines is 1. The van der Waals surface area contributed by atoms with Gasteiger partial charge in [-0.1, -0.05) is 32.6 Å². The summed E-state index contributed by atoms with van der Waals surface area (Å²) >= 11 is 0. The highest BCUT2D eigenvalue weighted by atomic mass is 16.2. The third-order valence-corrected chi connectivity index (χ3v) is 6.79. The van der Waals surface area contributed by atoms with Crippen LogP contribution in [0.3, 0.4) is 0 Å². The van der Waals surface area contributed by atoms with Crippen molar-refractivity contribution in [2.75, 3.05) is 19.6 Å². The number of likely N-dealkylation sites (tertiary alicyclic amines) is 2. The number of amides is 2. The molecule has 1 atom stereocenters. The number of nitrogens with one attached hydrogen (secondary N) is 1. The summed E-state index contributed by atoms with van der Waals surface area (Å²) < 4.78 is 0. The number of hydrogen-bond acceptors (Lipinski definition) is 3. The second kappa shape index (κ2) is 7.64. The molecule has 0 bridgehead atoms. The lowest BCUT2D eigenvalue weighted by Gasteiger charge is -2.44. The number of hydrogen-bond donors (Lipinski definition) is 1. The summed E-state index contributed by atoms with van der Waals surface area (Å²) in [6.45, 7) is 4.24. The Kier molecular flexibility index (Phi) is 5.24. The highest BCUT2D eigenvalue weighted by Gasteiger charge is 2.50. The monoisotopic (exact) mass is 372 g/mol. The fourth-order valence-electron chi connectivity index (χ4n) is 5.30. The molecular weight excluding hydrogens is 340 g/mol. The third-order valence-electron chi connectivity index (χ3n) is 6.79. The first-order valence-corrected chi connectivity index (χ1v) is 10.8. The molecule has 0 aromatic carbocycles. The van der Waals surface area contributed by atoms with Crippen LogP contribution in [-0.4, -0.2) is 57.5 Å². The van der Waals surface area contributed by atoms with Gasteiger partial charge >= 0.3 is 0 Å². The van der Waals surface area contributed by atoms with Crippen molar-refractivity contribution < 1.29 is 9.59 Å². The van der Waals surface area contributed by atoms with Gasteiger partial charge in [-0.15, -0.1) is 0 Å². The predicted octanol–water partition coefficient (Wildman–Crippen LogP) is 3.15. The van der Waals surface area contributed by atoms with E-state index in [1.807, 2.05) is 11.0 Å². The Morgan fingerprint density at radius 2 is 2.04 bits per heavy atom. The molecule has 1 aliphatic carbocycles. The molecule has 1 aromatic rings. The quantitative estimate of drug-likeness (QED) is 0.883. The van der Waals surface area contributed by atoms with Crippen LogP contribution in [0.5, 0.6) is 0 Å². The normalized spacial score (nSPS) is 26.9. The lowest BCUT2D eigenvalue weighted by molar-refractivity contribution is -0.149. The van der Waals surface area contributed by atoms with E-state index >= 15 is 0 Å². The molecule has 0 unspecified atom stereocenters. The lowest BCUT2D eigenvalue weighted by Crippen LogP contribution is -2.54. The van der Waals surface area contributed by atoms with Crippen molar-refractivity contribution in [1.29, 1.82) is 0 Å². The van der Waals surface area contributed by atoms with Gasteiger partial charge in [-0.25, -0.2) is 0 Å². The Morgan fingerprint density at radius 1 is 1.22 bits per heavy atom. The lowest BCUT2D eigenvalue weighted by atomic mass is 9.77. The smallest absolute Gasteiger partial charge is 0.274 e. The SMILES string of the molecule is CCCc1cc(C(=O)N2CC[C@]3(CCCN(C4CCCCC4)C3=O)C2)n[nH]1. The Labute approximate surface area is 161 Å². The first-order valence-electron chi connectivity index (χ1n) is 10.8. The highest BCUT2D eigenvalue weighted by molar-refractivity contribution is 5.94. The third kappa shape index (κ3) is 3.50. The number of H-pyrrole nitrogens is 1. The molecule has 148 valence electrons. The number of piperidine rings is 1. The maximum Gasteiger partial charge on any atom is 0.274 e. The fraction of sp³-hybridized carbons (Fsp3) is 0.762. The minimum absolute atomic E-state index is 0.0342. The summed E-state index contributed by atoms with van der Waals surface area (Å²) in [5, 5.41) is 7.18. The standard InChI is InChI=1S/C21H32N4O2/c1-2-7-16-14-18(23-22-16)19(26)24-13-11-21(15-24)10-6-12-25(20(21)27)17-8-4-3-5-9-17/h14,17H,2-13,15H2,1H3,(H,22,23)/t21-/m1/s1. The molecule has 1 saturated carbocycles. The zero-order valence-corrected chi connectivity index (χ0v) is 16.5. The molecule has 1 aromatic heterocycles. The van der Waals surface area contributed by atoms with E-state index in [-0.39, 0.29) is 11.3 Å². The van der Waals surface area contributed by atoms with Gasteiger partial charge in [-0.3, -0.25) is 14.7 Å². The first-order chi connectivity index (χ1) is 13.1. The molecule has 3 aliphatic rings. The molecule has 6 heteroatoms. The van der Waals surface area contributed by atoms with E-state index in [1.54, 1.807) is 0 Å². The largest absolute Gasteiger partial charge is 0.339 e. The van der Waals surface area contributed by atoms with Crippen molar-refractivity contribution in [3.05, 3.63) is 17.5 Å². The van der Waals surface area contributed by atoms with E-state index in [0.717, 1.165) is 57.2 Å². The molecule has 2 amide bonds. The van der Waals surface area contributed by atoms with Gasteiger partial charge in [-0.2, -0.15) is 5.10 Å². The van der Waals surface area contributed by atoms with Crippen LogP contribution in [0, 0.1) is 5.41 Å². The van der Waals surface area contributed by atoms with Gasteiger partial charge in [-0.05, 0) is 44.6 Å². The summed E-state index contributed by atoms with van der Waals surface area (Å²) in [4.78, 5) is 30.3. The maximum atomic E-state index is 13.4. The van der Waals surface area contributed by atoms with Crippen LogP contribution in [0.4, 0.5) is 0 Å². The van der Waals surface area contributed by atoms with Gasteiger partial charge in [0.2, 0.25) is 5.91 Å². The fourth-order valence-corrected chi connectivity index (χ4v) is 5.30. The summed E-state index contributed by atoms with van der Waals surface area (Å²) in [7, 11) is 0. The number of rotatable bonds is 4. The molecule has 1 spiro atoms. The average molecular weight is 373 g/mol. The topological polar surface area (TPSA) is 69.3 Å². The van der Waals surface area contributed by atoms with Crippen LogP contribution >= 0.6 is 0 Å². The van der Waals surface area contributed by atoms with Crippen LogP contribution in [0.1, 0.15) is 80.9 Å². The van der Waals surface area contributed by atoms with Crippen LogP contribution in [-0.2, 0) is 11.2 Å². The van der Waals surface area contributed by atoms with Crippen LogP contribution in [0.2, 0.25) is 0 Å². The van der Waals surface area contributed by atoms with Crippen molar-refractivity contribution in [2.45, 2.75) is 77.2 Å². The minimum Gasteiger partial charge on any atom is -0.339 e. The molecule has 0 radical (unpaired) electrons. The Bertz CT molecular complexity index is 694. The van der Waals surface area contributed by atoms with Crippen LogP contribution < -0.4 is 0 Å². The van der Waals surface area contributed by atoms with Crippen molar-refractivity contribution in [1.82, 2.24) is 20.0 Å². The summed E-state index contributed by atoms with van der Waals surface area (Å²) in [6, 6.07) is 2.30. The van der Waals surface area contributed by atoms with Gasteiger partial charge in [0.15, 0.2) is 0 Å². The van der Waals surface area contributed by atoms with Gasteiger partial charge < -0.3 is 9.80 Å². The zero-order chi connectivity index (χ0) is 18.9. The molecule has 2 saturated heterocycles. The average Bonchev–Trinajstić information content (AvgIpc) is 3.33. The van der Waals surface area contributed by atoms with Crippen LogP contribution in [0.15, 0.2) is 6.07 Å².